The molecule has 3 aromatic rings. The van der Waals surface area contributed by atoms with Gasteiger partial charge in [-0.25, -0.2) is 4.98 Å². The minimum Gasteiger partial charge on any atom is -0.378 e. The van der Waals surface area contributed by atoms with Crippen LogP contribution in [-0.2, 0) is 6.54 Å². The highest BCUT2D eigenvalue weighted by Crippen LogP contribution is 2.12. The second-order valence-corrected chi connectivity index (χ2v) is 5.25. The van der Waals surface area contributed by atoms with Crippen LogP contribution < -0.4 is 10.6 Å². The molecule has 6 nitrogen and oxygen atoms in total. The fourth-order valence-electron chi connectivity index (χ4n) is 2.19. The van der Waals surface area contributed by atoms with E-state index in [-0.39, 0.29) is 5.91 Å². The first kappa shape index (κ1) is 16.1. The Hall–Kier alpha value is -3.72. The van der Waals surface area contributed by atoms with Gasteiger partial charge in [-0.3, -0.25) is 9.78 Å². The van der Waals surface area contributed by atoms with E-state index in [9.17, 15) is 4.79 Å². The lowest BCUT2D eigenvalue weighted by Gasteiger charge is -2.07. The summed E-state index contributed by atoms with van der Waals surface area (Å²) in [4.78, 5) is 20.6. The Morgan fingerprint density at radius 2 is 1.96 bits per heavy atom. The molecule has 25 heavy (non-hydrogen) atoms. The summed E-state index contributed by atoms with van der Waals surface area (Å²) in [6, 6.07) is 17.9. The maximum absolute atomic E-state index is 12.2. The van der Waals surface area contributed by atoms with E-state index >= 15 is 0 Å². The Morgan fingerprint density at radius 3 is 2.68 bits per heavy atom. The lowest BCUT2D eigenvalue weighted by molar-refractivity contribution is 0.102. The van der Waals surface area contributed by atoms with Crippen LogP contribution in [0.2, 0.25) is 0 Å². The lowest BCUT2D eigenvalue weighted by Crippen LogP contribution is -2.13. The number of nitriles is 1. The van der Waals surface area contributed by atoms with Crippen LogP contribution in [0.4, 0.5) is 11.4 Å². The van der Waals surface area contributed by atoms with Crippen molar-refractivity contribution in [3.8, 4) is 6.07 Å². The van der Waals surface area contributed by atoms with Crippen molar-refractivity contribution in [2.75, 3.05) is 10.6 Å². The van der Waals surface area contributed by atoms with E-state index in [1.165, 1.54) is 0 Å². The van der Waals surface area contributed by atoms with E-state index in [0.717, 1.165) is 11.4 Å². The van der Waals surface area contributed by atoms with E-state index in [1.54, 1.807) is 48.8 Å². The molecule has 0 spiro atoms. The first-order valence-corrected chi connectivity index (χ1v) is 7.66. The van der Waals surface area contributed by atoms with Crippen molar-refractivity contribution < 1.29 is 4.79 Å². The van der Waals surface area contributed by atoms with E-state index in [0.29, 0.717) is 23.5 Å². The summed E-state index contributed by atoms with van der Waals surface area (Å²) in [5.41, 5.74) is 3.06. The number of anilines is 2. The molecule has 0 bridgehead atoms. The Bertz CT molecular complexity index is 901. The van der Waals surface area contributed by atoms with Crippen molar-refractivity contribution >= 4 is 17.3 Å². The molecule has 1 aromatic carbocycles. The SMILES string of the molecule is N#Cc1cccc(NC(=O)c2ccc(NCc3ccccn3)cn2)c1. The van der Waals surface area contributed by atoms with Crippen LogP contribution in [0.3, 0.4) is 0 Å². The fraction of sp³-hybridized carbons (Fsp3) is 0.0526. The summed E-state index contributed by atoms with van der Waals surface area (Å²) in [6.07, 6.45) is 3.34. The summed E-state index contributed by atoms with van der Waals surface area (Å²) in [5.74, 6) is -0.327. The fourth-order valence-corrected chi connectivity index (χ4v) is 2.19. The second kappa shape index (κ2) is 7.70. The molecule has 2 heterocycles. The molecule has 122 valence electrons. The number of hydrogen-bond acceptors (Lipinski definition) is 5. The van der Waals surface area contributed by atoms with E-state index in [4.69, 9.17) is 5.26 Å². The van der Waals surface area contributed by atoms with Gasteiger partial charge in [0.15, 0.2) is 0 Å². The predicted molar refractivity (Wildman–Crippen MR) is 94.9 cm³/mol. The molecule has 2 N–H and O–H groups in total. The summed E-state index contributed by atoms with van der Waals surface area (Å²) in [7, 11) is 0. The van der Waals surface area contributed by atoms with Crippen molar-refractivity contribution in [1.82, 2.24) is 9.97 Å². The zero-order valence-corrected chi connectivity index (χ0v) is 13.3. The first-order chi connectivity index (χ1) is 12.2. The zero-order chi connectivity index (χ0) is 17.5. The number of pyridine rings is 2. The minimum absolute atomic E-state index is 0.297. The number of benzene rings is 1. The van der Waals surface area contributed by atoms with Gasteiger partial charge in [-0.15, -0.1) is 0 Å². The summed E-state index contributed by atoms with van der Waals surface area (Å²) < 4.78 is 0. The quantitative estimate of drug-likeness (QED) is 0.750. The summed E-state index contributed by atoms with van der Waals surface area (Å²) in [6.45, 7) is 0.578. The molecule has 0 aliphatic heterocycles. The van der Waals surface area contributed by atoms with Gasteiger partial charge in [-0.05, 0) is 42.5 Å². The molecular formula is C19H15N5O. The van der Waals surface area contributed by atoms with Gasteiger partial charge in [0.25, 0.3) is 5.91 Å². The molecule has 0 unspecified atom stereocenters. The van der Waals surface area contributed by atoms with Crippen molar-refractivity contribution in [1.29, 1.82) is 5.26 Å². The highest BCUT2D eigenvalue weighted by Gasteiger charge is 2.08. The number of carbonyl (C=O) groups is 1. The maximum Gasteiger partial charge on any atom is 0.274 e. The zero-order valence-electron chi connectivity index (χ0n) is 13.3. The topological polar surface area (TPSA) is 90.7 Å². The highest BCUT2D eigenvalue weighted by molar-refractivity contribution is 6.03. The van der Waals surface area contributed by atoms with Crippen LogP contribution in [0.5, 0.6) is 0 Å². The van der Waals surface area contributed by atoms with Gasteiger partial charge in [0.1, 0.15) is 5.69 Å². The van der Waals surface area contributed by atoms with Gasteiger partial charge < -0.3 is 10.6 Å². The standard InChI is InChI=1S/C19H15N5O/c20-11-14-4-3-6-15(10-14)24-19(25)18-8-7-17(13-23-18)22-12-16-5-1-2-9-21-16/h1-10,13,22H,12H2,(H,24,25). The number of rotatable bonds is 5. The number of nitrogens with zero attached hydrogens (tertiary/aromatic N) is 3. The van der Waals surface area contributed by atoms with Crippen LogP contribution in [0.25, 0.3) is 0 Å². The van der Waals surface area contributed by atoms with Crippen molar-refractivity contribution in [3.05, 3.63) is 83.9 Å². The van der Waals surface area contributed by atoms with E-state index in [2.05, 4.69) is 20.6 Å². The molecule has 0 atom stereocenters. The van der Waals surface area contributed by atoms with Crippen LogP contribution in [0.1, 0.15) is 21.7 Å². The molecule has 0 saturated heterocycles. The number of aromatic nitrogens is 2. The Labute approximate surface area is 145 Å². The van der Waals surface area contributed by atoms with Crippen molar-refractivity contribution in [3.63, 3.8) is 0 Å². The maximum atomic E-state index is 12.2. The predicted octanol–water partition coefficient (Wildman–Crippen LogP) is 3.21. The number of carbonyl (C=O) groups excluding carboxylic acids is 1. The number of amides is 1. The molecule has 0 saturated carbocycles. The van der Waals surface area contributed by atoms with Gasteiger partial charge in [0.2, 0.25) is 0 Å². The smallest absolute Gasteiger partial charge is 0.274 e. The Balaban J connectivity index is 1.61. The first-order valence-electron chi connectivity index (χ1n) is 7.66. The third-order valence-corrected chi connectivity index (χ3v) is 3.45. The van der Waals surface area contributed by atoms with Crippen LogP contribution >= 0.6 is 0 Å². The number of nitrogens with one attached hydrogen (secondary N) is 2. The van der Waals surface area contributed by atoms with Gasteiger partial charge in [-0.2, -0.15) is 5.26 Å². The molecule has 2 aromatic heterocycles. The molecule has 0 aliphatic carbocycles. The van der Waals surface area contributed by atoms with Gasteiger partial charge in [0, 0.05) is 11.9 Å². The van der Waals surface area contributed by atoms with E-state index in [1.807, 2.05) is 24.3 Å². The third-order valence-electron chi connectivity index (χ3n) is 3.45. The van der Waals surface area contributed by atoms with Gasteiger partial charge in [-0.1, -0.05) is 12.1 Å². The summed E-state index contributed by atoms with van der Waals surface area (Å²) >= 11 is 0. The Kier molecular flexibility index (Phi) is 4.98. The van der Waals surface area contributed by atoms with Crippen molar-refractivity contribution in [2.45, 2.75) is 6.54 Å². The largest absolute Gasteiger partial charge is 0.378 e. The third kappa shape index (κ3) is 4.39. The molecule has 3 rings (SSSR count). The minimum atomic E-state index is -0.327. The molecule has 0 aliphatic rings. The number of hydrogen-bond donors (Lipinski definition) is 2. The second-order valence-electron chi connectivity index (χ2n) is 5.25. The molecule has 1 amide bonds. The lowest BCUT2D eigenvalue weighted by atomic mass is 10.2. The van der Waals surface area contributed by atoms with Gasteiger partial charge in [0.05, 0.1) is 35.8 Å². The molecule has 6 heteroatoms. The van der Waals surface area contributed by atoms with Crippen LogP contribution in [0, 0.1) is 11.3 Å². The molecule has 0 radical (unpaired) electrons. The normalized spacial score (nSPS) is 9.88. The highest BCUT2D eigenvalue weighted by atomic mass is 16.1. The average molecular weight is 329 g/mol. The van der Waals surface area contributed by atoms with Crippen molar-refractivity contribution in [2.24, 2.45) is 0 Å². The average Bonchev–Trinajstić information content (AvgIpc) is 2.67. The molecule has 0 fully saturated rings. The van der Waals surface area contributed by atoms with E-state index < -0.39 is 0 Å². The molecular weight excluding hydrogens is 314 g/mol. The summed E-state index contributed by atoms with van der Waals surface area (Å²) in [5, 5.41) is 14.8. The van der Waals surface area contributed by atoms with Crippen LogP contribution in [-0.4, -0.2) is 15.9 Å². The Morgan fingerprint density at radius 1 is 1.04 bits per heavy atom. The monoisotopic (exact) mass is 329 g/mol. The van der Waals surface area contributed by atoms with Crippen LogP contribution in [0.15, 0.2) is 67.0 Å². The van der Waals surface area contributed by atoms with Gasteiger partial charge >= 0.3 is 0 Å².